The molecule has 0 radical (unpaired) electrons. The molecular formula is C30H54Si. The van der Waals surface area contributed by atoms with Crippen LogP contribution in [0.2, 0.25) is 19.6 Å². The van der Waals surface area contributed by atoms with Gasteiger partial charge in [-0.1, -0.05) is 84.8 Å². The maximum atomic E-state index is 2.76. The molecule has 3 fully saturated rings. The van der Waals surface area contributed by atoms with Gasteiger partial charge in [-0.3, -0.25) is 0 Å². The SMILES string of the molecule is CC(C)CCCC(C)C1CCC2C3CCC4CC([Si](C)(C)C)=CC[C@]4(C)C3CC[C@]12C. The van der Waals surface area contributed by atoms with E-state index < -0.39 is 8.07 Å². The minimum atomic E-state index is -1.12. The summed E-state index contributed by atoms with van der Waals surface area (Å²) in [5, 5.41) is 1.89. The summed E-state index contributed by atoms with van der Waals surface area (Å²) in [5.74, 6) is 6.88. The Kier molecular flexibility index (Phi) is 6.71. The third-order valence-corrected chi connectivity index (χ3v) is 13.8. The van der Waals surface area contributed by atoms with Gasteiger partial charge in [-0.05, 0) is 104 Å². The molecule has 0 heterocycles. The lowest BCUT2D eigenvalue weighted by atomic mass is 9.45. The summed E-state index contributed by atoms with van der Waals surface area (Å²) in [6.07, 6.45) is 19.2. The lowest BCUT2D eigenvalue weighted by Gasteiger charge is -2.61. The Morgan fingerprint density at radius 2 is 1.61 bits per heavy atom. The highest BCUT2D eigenvalue weighted by molar-refractivity contribution is 6.83. The first-order valence-corrected chi connectivity index (χ1v) is 17.7. The van der Waals surface area contributed by atoms with Gasteiger partial charge < -0.3 is 0 Å². The van der Waals surface area contributed by atoms with Crippen molar-refractivity contribution in [2.24, 2.45) is 52.3 Å². The smallest absolute Gasteiger partial charge is 0.0720 e. The fraction of sp³-hybridized carbons (Fsp3) is 0.933. The van der Waals surface area contributed by atoms with Crippen molar-refractivity contribution in [2.45, 2.75) is 125 Å². The molecule has 0 amide bonds. The fourth-order valence-electron chi connectivity index (χ4n) is 9.52. The first kappa shape index (κ1) is 24.1. The van der Waals surface area contributed by atoms with Crippen LogP contribution in [0.15, 0.2) is 11.3 Å². The molecule has 4 aliphatic carbocycles. The van der Waals surface area contributed by atoms with Gasteiger partial charge in [-0.2, -0.15) is 0 Å². The van der Waals surface area contributed by atoms with Gasteiger partial charge >= 0.3 is 0 Å². The van der Waals surface area contributed by atoms with Crippen LogP contribution in [-0.2, 0) is 0 Å². The van der Waals surface area contributed by atoms with Crippen molar-refractivity contribution < 1.29 is 0 Å². The third kappa shape index (κ3) is 4.28. The largest absolute Gasteiger partial charge is 0.0886 e. The molecule has 0 nitrogen and oxygen atoms in total. The fourth-order valence-corrected chi connectivity index (χ4v) is 11.1. The van der Waals surface area contributed by atoms with Gasteiger partial charge in [0.15, 0.2) is 0 Å². The predicted molar refractivity (Wildman–Crippen MR) is 140 cm³/mol. The predicted octanol–water partition coefficient (Wildman–Crippen LogP) is 9.52. The van der Waals surface area contributed by atoms with Crippen molar-refractivity contribution >= 4 is 8.07 Å². The Hall–Kier alpha value is -0.0431. The number of rotatable bonds is 6. The van der Waals surface area contributed by atoms with Crippen LogP contribution in [0.25, 0.3) is 0 Å². The van der Waals surface area contributed by atoms with Crippen molar-refractivity contribution in [2.75, 3.05) is 0 Å². The molecule has 0 aliphatic heterocycles. The highest BCUT2D eigenvalue weighted by atomic mass is 28.3. The van der Waals surface area contributed by atoms with Crippen molar-refractivity contribution in [3.8, 4) is 0 Å². The van der Waals surface area contributed by atoms with Crippen LogP contribution >= 0.6 is 0 Å². The molecule has 8 atom stereocenters. The normalized spacial score (nSPS) is 43.8. The summed E-state index contributed by atoms with van der Waals surface area (Å²) in [4.78, 5) is 0. The molecule has 4 aliphatic rings. The summed E-state index contributed by atoms with van der Waals surface area (Å²) >= 11 is 0. The van der Waals surface area contributed by atoms with E-state index in [4.69, 9.17) is 0 Å². The second kappa shape index (κ2) is 8.63. The minimum Gasteiger partial charge on any atom is -0.0886 e. The molecule has 31 heavy (non-hydrogen) atoms. The van der Waals surface area contributed by atoms with E-state index in [9.17, 15) is 0 Å². The van der Waals surface area contributed by atoms with E-state index in [2.05, 4.69) is 60.3 Å². The van der Waals surface area contributed by atoms with Crippen molar-refractivity contribution in [3.63, 3.8) is 0 Å². The standard InChI is InChI=1S/C30H54Si/c1-21(2)10-9-11-22(3)26-14-15-27-25-13-12-23-20-24(31(6,7)8)16-18-29(23,4)28(25)17-19-30(26,27)5/h16,21-23,25-28H,9-15,17-20H2,1-8H3/t22?,23?,25?,26?,27?,28?,29-,30+/m0/s1. The van der Waals surface area contributed by atoms with Crippen LogP contribution in [0.4, 0.5) is 0 Å². The Balaban J connectivity index is 1.48. The number of hydrogen-bond donors (Lipinski definition) is 0. The molecule has 0 N–H and O–H groups in total. The van der Waals surface area contributed by atoms with Crippen LogP contribution in [0.3, 0.4) is 0 Å². The summed E-state index contributed by atoms with van der Waals surface area (Å²) in [5.41, 5.74) is 1.25. The molecule has 6 unspecified atom stereocenters. The lowest BCUT2D eigenvalue weighted by Crippen LogP contribution is -2.53. The molecular weight excluding hydrogens is 388 g/mol. The average molecular weight is 443 g/mol. The monoisotopic (exact) mass is 442 g/mol. The second-order valence-electron chi connectivity index (χ2n) is 14.6. The highest BCUT2D eigenvalue weighted by Gasteiger charge is 2.60. The van der Waals surface area contributed by atoms with Gasteiger partial charge in [0.05, 0.1) is 8.07 Å². The molecule has 1 heteroatoms. The Morgan fingerprint density at radius 3 is 2.29 bits per heavy atom. The Bertz CT molecular complexity index is 668. The zero-order valence-electron chi connectivity index (χ0n) is 22.4. The maximum Gasteiger partial charge on any atom is 0.0720 e. The van der Waals surface area contributed by atoms with Gasteiger partial charge in [-0.25, -0.2) is 0 Å². The summed E-state index contributed by atoms with van der Waals surface area (Å²) in [6.45, 7) is 20.6. The van der Waals surface area contributed by atoms with Crippen LogP contribution in [0.1, 0.15) is 105 Å². The van der Waals surface area contributed by atoms with Gasteiger partial charge in [0, 0.05) is 0 Å². The molecule has 0 bridgehead atoms. The summed E-state index contributed by atoms with van der Waals surface area (Å²) in [6, 6.07) is 0. The zero-order chi connectivity index (χ0) is 22.6. The molecule has 178 valence electrons. The minimum absolute atomic E-state index is 0.606. The third-order valence-electron chi connectivity index (χ3n) is 11.5. The topological polar surface area (TPSA) is 0 Å². The van der Waals surface area contributed by atoms with Crippen LogP contribution in [0.5, 0.6) is 0 Å². The molecule has 0 aromatic rings. The van der Waals surface area contributed by atoms with Crippen molar-refractivity contribution in [3.05, 3.63) is 11.3 Å². The molecule has 3 saturated carbocycles. The van der Waals surface area contributed by atoms with E-state index in [0.29, 0.717) is 10.8 Å². The van der Waals surface area contributed by atoms with Crippen LogP contribution in [-0.4, -0.2) is 8.07 Å². The lowest BCUT2D eigenvalue weighted by molar-refractivity contribution is -0.101. The number of hydrogen-bond acceptors (Lipinski definition) is 0. The zero-order valence-corrected chi connectivity index (χ0v) is 23.4. The first-order valence-electron chi connectivity index (χ1n) is 14.2. The summed E-state index contributed by atoms with van der Waals surface area (Å²) < 4.78 is 0. The van der Waals surface area contributed by atoms with Gasteiger partial charge in [0.25, 0.3) is 0 Å². The average Bonchev–Trinajstić information content (AvgIpc) is 3.03. The highest BCUT2D eigenvalue weighted by Crippen LogP contribution is 2.68. The van der Waals surface area contributed by atoms with Crippen LogP contribution in [0, 0.1) is 52.3 Å². The van der Waals surface area contributed by atoms with E-state index >= 15 is 0 Å². The first-order chi connectivity index (χ1) is 14.5. The molecule has 0 aromatic carbocycles. The Labute approximate surface area is 196 Å². The molecule has 0 saturated heterocycles. The number of fused-ring (bicyclic) bond motifs is 5. The summed E-state index contributed by atoms with van der Waals surface area (Å²) in [7, 11) is -1.12. The van der Waals surface area contributed by atoms with E-state index in [-0.39, 0.29) is 0 Å². The van der Waals surface area contributed by atoms with Gasteiger partial charge in [0.2, 0.25) is 0 Å². The Morgan fingerprint density at radius 1 is 0.903 bits per heavy atom. The van der Waals surface area contributed by atoms with Gasteiger partial charge in [-0.15, -0.1) is 0 Å². The van der Waals surface area contributed by atoms with E-state index in [1.807, 2.05) is 5.20 Å². The second-order valence-corrected chi connectivity index (χ2v) is 19.7. The molecule has 4 rings (SSSR count). The van der Waals surface area contributed by atoms with E-state index in [0.717, 1.165) is 41.4 Å². The van der Waals surface area contributed by atoms with Crippen LogP contribution < -0.4 is 0 Å². The van der Waals surface area contributed by atoms with Crippen molar-refractivity contribution in [1.82, 2.24) is 0 Å². The molecule has 0 spiro atoms. The molecule has 0 aromatic heterocycles. The van der Waals surface area contributed by atoms with E-state index in [1.165, 1.54) is 57.8 Å². The van der Waals surface area contributed by atoms with Gasteiger partial charge in [0.1, 0.15) is 0 Å². The van der Waals surface area contributed by atoms with E-state index in [1.54, 1.807) is 12.8 Å². The van der Waals surface area contributed by atoms with Crippen molar-refractivity contribution in [1.29, 1.82) is 0 Å². The quantitative estimate of drug-likeness (QED) is 0.359. The maximum absolute atomic E-state index is 2.76. The number of allylic oxidation sites excluding steroid dienone is 2.